The zero-order valence-corrected chi connectivity index (χ0v) is 20.4. The smallest absolute Gasteiger partial charge is 0.303 e. The number of carbonyl (C=O) groups is 1. The molecule has 1 aliphatic rings. The largest absolute Gasteiger partial charge is 0.491 e. The van der Waals surface area contributed by atoms with Gasteiger partial charge in [0.2, 0.25) is 0 Å². The summed E-state index contributed by atoms with van der Waals surface area (Å²) in [6.07, 6.45) is 4.55. The van der Waals surface area contributed by atoms with Gasteiger partial charge in [-0.15, -0.1) is 0 Å². The fraction of sp³-hybridized carbons (Fsp3) is 0.591. The molecule has 2 rings (SSSR count). The summed E-state index contributed by atoms with van der Waals surface area (Å²) >= 11 is 0. The SMILES string of the molecule is O=C(O)CC/C=C\CC[C@@H]1[C@@H](CC[C@@H](F)COc2ccccc2)[C@H](O)C[C@@H]1O.[Pr]. The summed E-state index contributed by atoms with van der Waals surface area (Å²) in [5.74, 6) is -0.385. The fourth-order valence-corrected chi connectivity index (χ4v) is 3.87. The second-order valence-electron chi connectivity index (χ2n) is 7.48. The second kappa shape index (κ2) is 14.4. The molecule has 29 heavy (non-hydrogen) atoms. The van der Waals surface area contributed by atoms with Crippen molar-refractivity contribution in [1.82, 2.24) is 0 Å². The van der Waals surface area contributed by atoms with Crippen molar-refractivity contribution in [2.24, 2.45) is 11.8 Å². The van der Waals surface area contributed by atoms with Gasteiger partial charge < -0.3 is 20.1 Å². The number of aliphatic hydroxyl groups is 2. The first kappa shape index (κ1) is 26.5. The minimum absolute atomic E-state index is 0. The third kappa shape index (κ3) is 9.86. The Kier molecular flexibility index (Phi) is 13.2. The van der Waals surface area contributed by atoms with Crippen LogP contribution in [-0.2, 0) is 4.79 Å². The summed E-state index contributed by atoms with van der Waals surface area (Å²) in [7, 11) is 0. The van der Waals surface area contributed by atoms with Crippen LogP contribution in [0.5, 0.6) is 5.75 Å². The number of allylic oxidation sites excluding steroid dienone is 2. The summed E-state index contributed by atoms with van der Waals surface area (Å²) in [6.45, 7) is -0.0215. The van der Waals surface area contributed by atoms with Gasteiger partial charge in [-0.1, -0.05) is 30.4 Å². The van der Waals surface area contributed by atoms with Crippen LogP contribution in [0, 0.1) is 53.1 Å². The Morgan fingerprint density at radius 1 is 1.10 bits per heavy atom. The van der Waals surface area contributed by atoms with E-state index in [1.165, 1.54) is 0 Å². The minimum Gasteiger partial charge on any atom is -0.491 e. The normalized spacial score (nSPS) is 24.9. The molecule has 3 N–H and O–H groups in total. The van der Waals surface area contributed by atoms with Gasteiger partial charge in [-0.2, -0.15) is 0 Å². The number of rotatable bonds is 12. The number of para-hydroxylation sites is 1. The van der Waals surface area contributed by atoms with Crippen LogP contribution in [0.1, 0.15) is 44.9 Å². The van der Waals surface area contributed by atoms with Gasteiger partial charge in [0.25, 0.3) is 0 Å². The number of hydrogen-bond donors (Lipinski definition) is 3. The fourth-order valence-electron chi connectivity index (χ4n) is 3.87. The molecule has 5 nitrogen and oxygen atoms in total. The van der Waals surface area contributed by atoms with E-state index in [0.717, 1.165) is 0 Å². The number of halogens is 1. The van der Waals surface area contributed by atoms with Crippen LogP contribution in [0.3, 0.4) is 0 Å². The van der Waals surface area contributed by atoms with Crippen molar-refractivity contribution in [2.75, 3.05) is 6.61 Å². The predicted octanol–water partition coefficient (Wildman–Crippen LogP) is 3.74. The van der Waals surface area contributed by atoms with Crippen molar-refractivity contribution in [1.29, 1.82) is 0 Å². The van der Waals surface area contributed by atoms with E-state index >= 15 is 0 Å². The van der Waals surface area contributed by atoms with E-state index in [-0.39, 0.29) is 72.6 Å². The van der Waals surface area contributed by atoms with Crippen molar-refractivity contribution < 1.29 is 70.5 Å². The number of aliphatic carboxylic acids is 1. The van der Waals surface area contributed by atoms with Gasteiger partial charge in [0.1, 0.15) is 18.5 Å². The first-order chi connectivity index (χ1) is 13.5. The Morgan fingerprint density at radius 3 is 2.38 bits per heavy atom. The summed E-state index contributed by atoms with van der Waals surface area (Å²) in [6, 6.07) is 9.10. The number of carboxylic acids is 1. The Bertz CT molecular complexity index is 612. The molecule has 0 amide bonds. The van der Waals surface area contributed by atoms with Gasteiger partial charge in [0, 0.05) is 47.7 Å². The van der Waals surface area contributed by atoms with E-state index in [4.69, 9.17) is 9.84 Å². The monoisotopic (exact) mass is 535 g/mol. The maximum absolute atomic E-state index is 14.2. The molecule has 1 radical (unpaired) electrons. The van der Waals surface area contributed by atoms with E-state index < -0.39 is 24.3 Å². The maximum Gasteiger partial charge on any atom is 0.303 e. The summed E-state index contributed by atoms with van der Waals surface area (Å²) < 4.78 is 19.7. The van der Waals surface area contributed by atoms with Crippen molar-refractivity contribution in [3.63, 3.8) is 0 Å². The van der Waals surface area contributed by atoms with Gasteiger partial charge >= 0.3 is 5.97 Å². The predicted molar refractivity (Wildman–Crippen MR) is 105 cm³/mol. The van der Waals surface area contributed by atoms with Crippen LogP contribution < -0.4 is 4.74 Å². The van der Waals surface area contributed by atoms with E-state index in [9.17, 15) is 19.4 Å². The van der Waals surface area contributed by atoms with Crippen LogP contribution in [0.2, 0.25) is 0 Å². The molecule has 1 saturated carbocycles. The van der Waals surface area contributed by atoms with Gasteiger partial charge in [0.05, 0.1) is 12.2 Å². The standard InChI is InChI=1S/C22H31FO5.Pr/c23-16(15-28-17-8-4-3-5-9-17)12-13-19-18(20(24)14-21(19)25)10-6-1-2-7-11-22(26)27;/h1-5,8-9,16,18-21,24-25H,6-7,10-15H2,(H,26,27);/b2-1-;/t16-,18-,19-,20+,21-;/m1./s1. The molecule has 1 aromatic rings. The van der Waals surface area contributed by atoms with Crippen LogP contribution in [0.15, 0.2) is 42.5 Å². The quantitative estimate of drug-likeness (QED) is 0.355. The van der Waals surface area contributed by atoms with Crippen molar-refractivity contribution in [2.45, 2.75) is 63.3 Å². The molecule has 0 heterocycles. The number of benzene rings is 1. The molecule has 159 valence electrons. The van der Waals surface area contributed by atoms with Crippen LogP contribution in [-0.4, -0.2) is 46.3 Å². The summed E-state index contributed by atoms with van der Waals surface area (Å²) in [4.78, 5) is 10.5. The minimum atomic E-state index is -1.12. The van der Waals surface area contributed by atoms with Crippen LogP contribution >= 0.6 is 0 Å². The van der Waals surface area contributed by atoms with E-state index in [1.54, 1.807) is 12.1 Å². The number of aliphatic hydroxyl groups excluding tert-OH is 2. The van der Waals surface area contributed by atoms with E-state index in [1.807, 2.05) is 30.4 Å². The Hall–Kier alpha value is -0.556. The van der Waals surface area contributed by atoms with Crippen LogP contribution in [0.25, 0.3) is 0 Å². The third-order valence-electron chi connectivity index (χ3n) is 5.37. The molecule has 1 fully saturated rings. The van der Waals surface area contributed by atoms with Gasteiger partial charge in [-0.3, -0.25) is 4.79 Å². The maximum atomic E-state index is 14.2. The average Bonchev–Trinajstić information content (AvgIpc) is 2.94. The molecule has 1 aliphatic carbocycles. The molecular weight excluding hydrogens is 504 g/mol. The molecule has 5 atom stereocenters. The van der Waals surface area contributed by atoms with E-state index in [0.29, 0.717) is 37.9 Å². The Morgan fingerprint density at radius 2 is 1.72 bits per heavy atom. The number of alkyl halides is 1. The Labute approximate surface area is 205 Å². The first-order valence-corrected chi connectivity index (χ1v) is 10.0. The first-order valence-electron chi connectivity index (χ1n) is 10.0. The second-order valence-corrected chi connectivity index (χ2v) is 7.48. The number of ether oxygens (including phenoxy) is 1. The number of hydrogen-bond acceptors (Lipinski definition) is 4. The summed E-state index contributed by atoms with van der Waals surface area (Å²) in [5, 5.41) is 29.1. The topological polar surface area (TPSA) is 87.0 Å². The molecule has 0 aliphatic heterocycles. The Balaban J connectivity index is 0.00000420. The molecule has 0 bridgehead atoms. The van der Waals surface area contributed by atoms with Crippen molar-refractivity contribution in [3.8, 4) is 5.75 Å². The zero-order valence-electron chi connectivity index (χ0n) is 16.7. The number of carboxylic acid groups (broad SMARTS) is 1. The van der Waals surface area contributed by atoms with Gasteiger partial charge in [-0.25, -0.2) is 4.39 Å². The van der Waals surface area contributed by atoms with E-state index in [2.05, 4.69) is 0 Å². The molecular formula is C22H31FO5Pr. The van der Waals surface area contributed by atoms with Crippen molar-refractivity contribution >= 4 is 5.97 Å². The summed E-state index contributed by atoms with van der Waals surface area (Å²) in [5.41, 5.74) is 0. The average molecular weight is 535 g/mol. The van der Waals surface area contributed by atoms with Gasteiger partial charge in [0.15, 0.2) is 0 Å². The molecule has 0 saturated heterocycles. The van der Waals surface area contributed by atoms with Gasteiger partial charge in [-0.05, 0) is 62.5 Å². The zero-order chi connectivity index (χ0) is 20.4. The molecule has 0 spiro atoms. The molecule has 0 unspecified atom stereocenters. The molecule has 0 aromatic heterocycles. The molecule has 1 aromatic carbocycles. The van der Waals surface area contributed by atoms with Crippen molar-refractivity contribution in [3.05, 3.63) is 42.5 Å². The molecule has 7 heteroatoms. The third-order valence-corrected chi connectivity index (χ3v) is 5.37. The van der Waals surface area contributed by atoms with Crippen LogP contribution in [0.4, 0.5) is 4.39 Å².